The molecule has 0 aromatic heterocycles. The third-order valence-corrected chi connectivity index (χ3v) is 8.45. The van der Waals surface area contributed by atoms with Crippen LogP contribution < -0.4 is 0 Å². The highest BCUT2D eigenvalue weighted by atomic mass is 32.2. The van der Waals surface area contributed by atoms with Crippen LogP contribution in [0.25, 0.3) is 0 Å². The Labute approximate surface area is 212 Å². The maximum absolute atomic E-state index is 14.2. The lowest BCUT2D eigenvalue weighted by atomic mass is 10.1. The summed E-state index contributed by atoms with van der Waals surface area (Å²) in [6.07, 6.45) is -0.474. The lowest BCUT2D eigenvalue weighted by molar-refractivity contribution is -0.130. The number of nitrogens with zero attached hydrogens (tertiary/aromatic N) is 2. The van der Waals surface area contributed by atoms with Gasteiger partial charge in [0, 0.05) is 6.54 Å². The zero-order valence-electron chi connectivity index (χ0n) is 20.1. The molecule has 5 rings (SSSR count). The van der Waals surface area contributed by atoms with E-state index in [1.165, 1.54) is 4.31 Å². The topological polar surface area (TPSA) is 57.7 Å². The van der Waals surface area contributed by atoms with Crippen molar-refractivity contribution < 1.29 is 13.2 Å². The molecular weight excluding hydrogens is 468 g/mol. The van der Waals surface area contributed by atoms with Crippen molar-refractivity contribution in [3.05, 3.63) is 138 Å². The van der Waals surface area contributed by atoms with Gasteiger partial charge < -0.3 is 4.90 Å². The third kappa shape index (κ3) is 4.70. The summed E-state index contributed by atoms with van der Waals surface area (Å²) in [5, 5.41) is 0. The van der Waals surface area contributed by atoms with Crippen LogP contribution in [0.4, 0.5) is 0 Å². The van der Waals surface area contributed by atoms with Crippen LogP contribution in [0.15, 0.2) is 120 Å². The van der Waals surface area contributed by atoms with Gasteiger partial charge in [-0.2, -0.15) is 4.31 Å². The summed E-state index contributed by atoms with van der Waals surface area (Å²) in [4.78, 5) is 15.9. The molecule has 0 saturated carbocycles. The van der Waals surface area contributed by atoms with Crippen molar-refractivity contribution >= 4 is 15.9 Å². The fourth-order valence-electron chi connectivity index (χ4n) is 4.77. The van der Waals surface area contributed by atoms with Crippen molar-refractivity contribution in [1.29, 1.82) is 0 Å². The second kappa shape index (κ2) is 10.1. The minimum absolute atomic E-state index is 0.182. The van der Waals surface area contributed by atoms with Crippen molar-refractivity contribution in [2.45, 2.75) is 37.0 Å². The lowest BCUT2D eigenvalue weighted by Gasteiger charge is -2.31. The predicted molar refractivity (Wildman–Crippen MR) is 140 cm³/mol. The Kier molecular flexibility index (Phi) is 6.72. The Morgan fingerprint density at radius 3 is 1.81 bits per heavy atom. The smallest absolute Gasteiger partial charge is 0.245 e. The van der Waals surface area contributed by atoms with Gasteiger partial charge in [-0.05, 0) is 42.2 Å². The van der Waals surface area contributed by atoms with E-state index in [4.69, 9.17) is 0 Å². The third-order valence-electron chi connectivity index (χ3n) is 6.57. The molecule has 36 heavy (non-hydrogen) atoms. The number of carbonyl (C=O) groups is 1. The van der Waals surface area contributed by atoms with Crippen molar-refractivity contribution in [2.75, 3.05) is 0 Å². The summed E-state index contributed by atoms with van der Waals surface area (Å²) in [6, 6.07) is 34.7. The molecule has 0 spiro atoms. The van der Waals surface area contributed by atoms with E-state index in [1.54, 1.807) is 29.2 Å². The van der Waals surface area contributed by atoms with Crippen LogP contribution in [0.1, 0.15) is 28.4 Å². The van der Waals surface area contributed by atoms with Gasteiger partial charge in [-0.1, -0.05) is 109 Å². The SMILES string of the molecule is Cc1ccc(S(=O)(=O)N2C(c3ccccc3)N(Cc3ccccc3)C(=O)[C@@H]2Cc2ccccc2)cc1. The van der Waals surface area contributed by atoms with Crippen molar-refractivity contribution in [3.8, 4) is 0 Å². The van der Waals surface area contributed by atoms with Crippen molar-refractivity contribution in [3.63, 3.8) is 0 Å². The lowest BCUT2D eigenvalue weighted by Crippen LogP contribution is -2.40. The molecule has 6 heteroatoms. The van der Waals surface area contributed by atoms with E-state index >= 15 is 0 Å². The molecule has 0 aliphatic carbocycles. The molecule has 1 aliphatic rings. The molecular formula is C30H28N2O3S. The number of hydrogen-bond donors (Lipinski definition) is 0. The van der Waals surface area contributed by atoms with Crippen molar-refractivity contribution in [2.24, 2.45) is 0 Å². The fourth-order valence-corrected chi connectivity index (χ4v) is 6.49. The Bertz CT molecular complexity index is 1420. The second-order valence-corrected chi connectivity index (χ2v) is 10.9. The summed E-state index contributed by atoms with van der Waals surface area (Å²) in [5.41, 5.74) is 3.58. The van der Waals surface area contributed by atoms with Crippen LogP contribution in [-0.4, -0.2) is 29.6 Å². The minimum atomic E-state index is -4.01. The largest absolute Gasteiger partial charge is 0.316 e. The van der Waals surface area contributed by atoms with Crippen molar-refractivity contribution in [1.82, 2.24) is 9.21 Å². The molecule has 2 atom stereocenters. The van der Waals surface area contributed by atoms with E-state index in [9.17, 15) is 13.2 Å². The minimum Gasteiger partial charge on any atom is -0.316 e. The highest BCUT2D eigenvalue weighted by Crippen LogP contribution is 2.41. The van der Waals surface area contributed by atoms with E-state index < -0.39 is 22.2 Å². The quantitative estimate of drug-likeness (QED) is 0.347. The number of benzene rings is 4. The van der Waals surface area contributed by atoms with Gasteiger partial charge in [0.05, 0.1) is 4.90 Å². The Morgan fingerprint density at radius 1 is 0.694 bits per heavy atom. The van der Waals surface area contributed by atoms with Gasteiger partial charge >= 0.3 is 0 Å². The number of amides is 1. The first kappa shape index (κ1) is 24.0. The number of sulfonamides is 1. The Morgan fingerprint density at radius 2 is 1.22 bits per heavy atom. The summed E-state index contributed by atoms with van der Waals surface area (Å²) in [6.45, 7) is 2.23. The van der Waals surface area contributed by atoms with E-state index in [1.807, 2.05) is 97.9 Å². The molecule has 182 valence electrons. The van der Waals surface area contributed by atoms with Gasteiger partial charge in [-0.15, -0.1) is 0 Å². The van der Waals surface area contributed by atoms with E-state index in [2.05, 4.69) is 0 Å². The molecule has 1 unspecified atom stereocenters. The summed E-state index contributed by atoms with van der Waals surface area (Å²) >= 11 is 0. The summed E-state index contributed by atoms with van der Waals surface area (Å²) in [5.74, 6) is -0.202. The van der Waals surface area contributed by atoms with Gasteiger partial charge in [0.15, 0.2) is 0 Å². The highest BCUT2D eigenvalue weighted by Gasteiger charge is 2.52. The van der Waals surface area contributed by atoms with Gasteiger partial charge in [-0.25, -0.2) is 8.42 Å². The average molecular weight is 497 g/mol. The van der Waals surface area contributed by atoms with Crippen LogP contribution in [0.2, 0.25) is 0 Å². The maximum atomic E-state index is 14.2. The van der Waals surface area contributed by atoms with Gasteiger partial charge in [0.2, 0.25) is 15.9 Å². The molecule has 1 heterocycles. The van der Waals surface area contributed by atoms with Crippen LogP contribution in [0.3, 0.4) is 0 Å². The normalized spacial score (nSPS) is 18.5. The van der Waals surface area contributed by atoms with E-state index in [0.717, 1.165) is 22.3 Å². The monoisotopic (exact) mass is 496 g/mol. The average Bonchev–Trinajstić information content (AvgIpc) is 3.17. The molecule has 4 aromatic carbocycles. The molecule has 1 saturated heterocycles. The second-order valence-electron chi connectivity index (χ2n) is 9.09. The molecule has 1 fully saturated rings. The molecule has 1 aliphatic heterocycles. The maximum Gasteiger partial charge on any atom is 0.245 e. The Hall–Kier alpha value is -3.74. The predicted octanol–water partition coefficient (Wildman–Crippen LogP) is 5.34. The zero-order valence-corrected chi connectivity index (χ0v) is 20.9. The number of rotatable bonds is 7. The molecule has 1 amide bonds. The van der Waals surface area contributed by atoms with Gasteiger partial charge in [0.1, 0.15) is 12.2 Å². The highest BCUT2D eigenvalue weighted by molar-refractivity contribution is 7.89. The van der Waals surface area contributed by atoms with Crippen LogP contribution in [0, 0.1) is 6.92 Å². The van der Waals surface area contributed by atoms with E-state index in [0.29, 0.717) is 13.0 Å². The molecule has 0 bridgehead atoms. The molecule has 0 N–H and O–H groups in total. The number of carbonyl (C=O) groups excluding carboxylic acids is 1. The number of hydrogen-bond acceptors (Lipinski definition) is 3. The fraction of sp³-hybridized carbons (Fsp3) is 0.167. The Balaban J connectivity index is 1.66. The van der Waals surface area contributed by atoms with Gasteiger partial charge in [-0.3, -0.25) is 4.79 Å². The summed E-state index contributed by atoms with van der Waals surface area (Å²) in [7, 11) is -4.01. The first-order chi connectivity index (χ1) is 17.4. The summed E-state index contributed by atoms with van der Waals surface area (Å²) < 4.78 is 29.9. The molecule has 5 nitrogen and oxygen atoms in total. The first-order valence-electron chi connectivity index (χ1n) is 12.0. The van der Waals surface area contributed by atoms with E-state index in [-0.39, 0.29) is 10.8 Å². The molecule has 4 aromatic rings. The first-order valence-corrected chi connectivity index (χ1v) is 13.4. The van der Waals surface area contributed by atoms with Crippen LogP contribution in [-0.2, 0) is 27.8 Å². The number of aryl methyl sites for hydroxylation is 1. The van der Waals surface area contributed by atoms with Gasteiger partial charge in [0.25, 0.3) is 0 Å². The standard InChI is InChI=1S/C30H28N2O3S/c1-23-17-19-27(20-18-23)36(34,35)32-28(21-24-11-5-2-6-12-24)30(33)31(22-25-13-7-3-8-14-25)29(32)26-15-9-4-10-16-26/h2-20,28-29H,21-22H2,1H3/t28-,29?/m0/s1. The van der Waals surface area contributed by atoms with Crippen LogP contribution in [0.5, 0.6) is 0 Å². The zero-order chi connectivity index (χ0) is 25.1. The van der Waals surface area contributed by atoms with Crippen LogP contribution >= 0.6 is 0 Å². The molecule has 0 radical (unpaired) electrons.